The zero-order valence-corrected chi connectivity index (χ0v) is 16.5. The Morgan fingerprint density at radius 1 is 1.15 bits per heavy atom. The van der Waals surface area contributed by atoms with Gasteiger partial charge in [-0.05, 0) is 68.5 Å². The van der Waals surface area contributed by atoms with Gasteiger partial charge < -0.3 is 18.9 Å². The lowest BCUT2D eigenvalue weighted by atomic mass is 9.92. The molecule has 1 aromatic carbocycles. The lowest BCUT2D eigenvalue weighted by Gasteiger charge is -2.34. The Balaban J connectivity index is 1.35. The third kappa shape index (κ3) is 6.01. The molecule has 0 bridgehead atoms. The zero-order valence-electron chi connectivity index (χ0n) is 15.7. The van der Waals surface area contributed by atoms with Gasteiger partial charge in [0.05, 0.1) is 6.10 Å². The molecule has 0 aliphatic heterocycles. The Morgan fingerprint density at radius 3 is 2.48 bits per heavy atom. The molecular weight excluding hydrogens is 364 g/mol. The van der Waals surface area contributed by atoms with E-state index in [0.29, 0.717) is 16.9 Å². The van der Waals surface area contributed by atoms with Gasteiger partial charge in [-0.1, -0.05) is 11.6 Å². The van der Waals surface area contributed by atoms with Gasteiger partial charge in [-0.25, -0.2) is 4.79 Å². The van der Waals surface area contributed by atoms with E-state index in [1.54, 1.807) is 36.2 Å². The number of hydrogen-bond acceptors (Lipinski definition) is 3. The van der Waals surface area contributed by atoms with Gasteiger partial charge in [0.1, 0.15) is 5.75 Å². The van der Waals surface area contributed by atoms with Crippen molar-refractivity contribution in [3.8, 4) is 5.75 Å². The molecule has 1 aromatic heterocycles. The van der Waals surface area contributed by atoms with Crippen molar-refractivity contribution in [1.29, 1.82) is 0 Å². The first-order valence-corrected chi connectivity index (χ1v) is 9.92. The van der Waals surface area contributed by atoms with Crippen molar-refractivity contribution in [2.75, 3.05) is 13.7 Å². The molecule has 0 spiro atoms. The van der Waals surface area contributed by atoms with Crippen LogP contribution in [0.4, 0.5) is 4.79 Å². The van der Waals surface area contributed by atoms with Gasteiger partial charge in [0.2, 0.25) is 0 Å². The topological polar surface area (TPSA) is 43.7 Å². The Bertz CT molecular complexity index is 695. The van der Waals surface area contributed by atoms with E-state index in [0.717, 1.165) is 45.3 Å². The number of ether oxygens (including phenoxy) is 2. The molecule has 1 aliphatic rings. The quantitative estimate of drug-likeness (QED) is 0.625. The van der Waals surface area contributed by atoms with Gasteiger partial charge in [0, 0.05) is 43.7 Å². The van der Waals surface area contributed by atoms with Crippen LogP contribution in [0.1, 0.15) is 32.1 Å². The molecule has 0 unspecified atom stereocenters. The van der Waals surface area contributed by atoms with E-state index in [1.165, 1.54) is 0 Å². The normalized spacial score (nSPS) is 19.6. The van der Waals surface area contributed by atoms with Crippen molar-refractivity contribution < 1.29 is 14.3 Å². The van der Waals surface area contributed by atoms with Crippen molar-refractivity contribution >= 4 is 17.7 Å². The molecule has 2 aromatic rings. The van der Waals surface area contributed by atoms with Crippen LogP contribution in [0.5, 0.6) is 5.75 Å². The molecule has 0 radical (unpaired) electrons. The first-order chi connectivity index (χ1) is 13.1. The molecule has 0 saturated heterocycles. The predicted molar refractivity (Wildman–Crippen MR) is 106 cm³/mol. The lowest BCUT2D eigenvalue weighted by molar-refractivity contribution is 0.0100. The second-order valence-corrected chi connectivity index (χ2v) is 7.44. The highest BCUT2D eigenvalue weighted by atomic mass is 35.5. The number of halogens is 1. The minimum absolute atomic E-state index is 0.199. The number of aromatic nitrogens is 1. The molecular formula is C21H27ClN2O3. The maximum atomic E-state index is 12.3. The molecule has 5 nitrogen and oxygen atoms in total. The number of carbonyl (C=O) groups excluding carboxylic acids is 1. The van der Waals surface area contributed by atoms with Gasteiger partial charge in [-0.15, -0.1) is 0 Å². The fourth-order valence-electron chi connectivity index (χ4n) is 3.44. The summed E-state index contributed by atoms with van der Waals surface area (Å²) in [6, 6.07) is 11.1. The average Bonchev–Trinajstić information content (AvgIpc) is 3.20. The van der Waals surface area contributed by atoms with Crippen LogP contribution in [0.2, 0.25) is 5.02 Å². The summed E-state index contributed by atoms with van der Waals surface area (Å²) >= 11 is 5.85. The van der Waals surface area contributed by atoms with Crippen LogP contribution in [-0.2, 0) is 11.3 Å². The number of benzene rings is 1. The van der Waals surface area contributed by atoms with Crippen LogP contribution < -0.4 is 4.74 Å². The Labute approximate surface area is 165 Å². The minimum atomic E-state index is -0.326. The average molecular weight is 391 g/mol. The predicted octanol–water partition coefficient (Wildman–Crippen LogP) is 4.99. The molecule has 1 saturated carbocycles. The van der Waals surface area contributed by atoms with E-state index < -0.39 is 0 Å². The van der Waals surface area contributed by atoms with Crippen LogP contribution in [-0.4, -0.2) is 41.4 Å². The molecule has 1 aliphatic carbocycles. The Hall–Kier alpha value is -1.98. The number of carbonyl (C=O) groups is 1. The minimum Gasteiger partial charge on any atom is -0.410 e. The van der Waals surface area contributed by atoms with Gasteiger partial charge in [-0.3, -0.25) is 0 Å². The van der Waals surface area contributed by atoms with Crippen LogP contribution in [0, 0.1) is 0 Å². The highest BCUT2D eigenvalue weighted by molar-refractivity contribution is 6.30. The maximum Gasteiger partial charge on any atom is 0.415 e. The second kappa shape index (κ2) is 9.81. The zero-order chi connectivity index (χ0) is 19.1. The molecule has 3 rings (SSSR count). The van der Waals surface area contributed by atoms with E-state index in [2.05, 4.69) is 17.0 Å². The van der Waals surface area contributed by atoms with Crippen LogP contribution >= 0.6 is 11.6 Å². The third-order valence-electron chi connectivity index (χ3n) is 5.08. The van der Waals surface area contributed by atoms with Crippen LogP contribution in [0.15, 0.2) is 48.8 Å². The van der Waals surface area contributed by atoms with Crippen molar-refractivity contribution in [1.82, 2.24) is 9.47 Å². The number of hydrogen-bond donors (Lipinski definition) is 0. The molecule has 1 heterocycles. The molecule has 0 N–H and O–H groups in total. The second-order valence-electron chi connectivity index (χ2n) is 7.01. The largest absolute Gasteiger partial charge is 0.415 e. The van der Waals surface area contributed by atoms with Crippen LogP contribution in [0.3, 0.4) is 0 Å². The standard InChI is InChI=1S/C21H27ClN2O3/c1-23(21(25)27-20-9-5-17(22)6-10-20)18-7-11-19(12-8-18)26-16-4-15-24-13-2-3-14-24/h2-3,5-6,9-10,13-14,18-19H,4,7-8,11-12,15-16H2,1H3. The van der Waals surface area contributed by atoms with E-state index in [1.807, 2.05) is 12.1 Å². The van der Waals surface area contributed by atoms with E-state index >= 15 is 0 Å². The van der Waals surface area contributed by atoms with Crippen molar-refractivity contribution in [2.45, 2.75) is 50.8 Å². The van der Waals surface area contributed by atoms with Crippen molar-refractivity contribution in [3.63, 3.8) is 0 Å². The summed E-state index contributed by atoms with van der Waals surface area (Å²) in [5.74, 6) is 0.510. The summed E-state index contributed by atoms with van der Waals surface area (Å²) in [6.45, 7) is 1.77. The number of aryl methyl sites for hydroxylation is 1. The molecule has 1 amide bonds. The number of nitrogens with zero attached hydrogens (tertiary/aromatic N) is 2. The van der Waals surface area contributed by atoms with Crippen LogP contribution in [0.25, 0.3) is 0 Å². The fourth-order valence-corrected chi connectivity index (χ4v) is 3.57. The summed E-state index contributed by atoms with van der Waals surface area (Å²) in [4.78, 5) is 14.0. The summed E-state index contributed by atoms with van der Waals surface area (Å²) in [5.41, 5.74) is 0. The van der Waals surface area contributed by atoms with Gasteiger partial charge in [0.25, 0.3) is 0 Å². The van der Waals surface area contributed by atoms with Gasteiger partial charge in [0.15, 0.2) is 0 Å². The summed E-state index contributed by atoms with van der Waals surface area (Å²) in [6.07, 6.45) is 8.97. The molecule has 0 atom stereocenters. The highest BCUT2D eigenvalue weighted by Gasteiger charge is 2.27. The highest BCUT2D eigenvalue weighted by Crippen LogP contribution is 2.25. The summed E-state index contributed by atoms with van der Waals surface area (Å²) < 4.78 is 13.6. The molecule has 6 heteroatoms. The third-order valence-corrected chi connectivity index (χ3v) is 5.33. The maximum absolute atomic E-state index is 12.3. The van der Waals surface area contributed by atoms with E-state index in [9.17, 15) is 4.79 Å². The number of rotatable bonds is 7. The molecule has 146 valence electrons. The smallest absolute Gasteiger partial charge is 0.410 e. The SMILES string of the molecule is CN(C(=O)Oc1ccc(Cl)cc1)C1CCC(OCCCn2cccc2)CC1. The number of amides is 1. The molecule has 27 heavy (non-hydrogen) atoms. The first kappa shape index (κ1) is 19.8. The summed E-state index contributed by atoms with van der Waals surface area (Å²) in [7, 11) is 1.81. The van der Waals surface area contributed by atoms with E-state index in [4.69, 9.17) is 21.1 Å². The first-order valence-electron chi connectivity index (χ1n) is 9.54. The Morgan fingerprint density at radius 2 is 1.81 bits per heavy atom. The molecule has 1 fully saturated rings. The summed E-state index contributed by atoms with van der Waals surface area (Å²) in [5, 5.41) is 0.620. The van der Waals surface area contributed by atoms with Gasteiger partial charge >= 0.3 is 6.09 Å². The van der Waals surface area contributed by atoms with Crippen molar-refractivity contribution in [2.24, 2.45) is 0 Å². The van der Waals surface area contributed by atoms with Crippen molar-refractivity contribution in [3.05, 3.63) is 53.8 Å². The fraction of sp³-hybridized carbons (Fsp3) is 0.476. The Kier molecular flexibility index (Phi) is 7.18. The van der Waals surface area contributed by atoms with Gasteiger partial charge in [-0.2, -0.15) is 0 Å². The van der Waals surface area contributed by atoms with E-state index in [-0.39, 0.29) is 12.1 Å². The monoisotopic (exact) mass is 390 g/mol. The lowest BCUT2D eigenvalue weighted by Crippen LogP contribution is -2.42.